The highest BCUT2D eigenvalue weighted by Crippen LogP contribution is 2.35. The number of rotatable bonds is 1. The molecule has 0 aliphatic heterocycles. The summed E-state index contributed by atoms with van der Waals surface area (Å²) in [5.74, 6) is -0.484. The molecule has 3 nitrogen and oxygen atoms in total. The number of para-hydroxylation sites is 1. The first-order valence-electron chi connectivity index (χ1n) is 5.97. The van der Waals surface area contributed by atoms with E-state index in [4.69, 9.17) is 23.1 Å². The third-order valence-corrected chi connectivity index (χ3v) is 3.45. The van der Waals surface area contributed by atoms with Gasteiger partial charge < -0.3 is 11.5 Å². The van der Waals surface area contributed by atoms with Gasteiger partial charge in [0.2, 0.25) is 0 Å². The molecule has 0 saturated carbocycles. The van der Waals surface area contributed by atoms with E-state index in [2.05, 4.69) is 4.98 Å². The monoisotopic (exact) mass is 287 g/mol. The number of nitrogens with two attached hydrogens (primary N) is 2. The van der Waals surface area contributed by atoms with Crippen molar-refractivity contribution in [1.29, 1.82) is 0 Å². The van der Waals surface area contributed by atoms with Gasteiger partial charge in [-0.05, 0) is 24.3 Å². The van der Waals surface area contributed by atoms with Crippen LogP contribution >= 0.6 is 11.6 Å². The minimum absolute atomic E-state index is 0.0235. The van der Waals surface area contributed by atoms with E-state index in [1.165, 1.54) is 12.1 Å². The van der Waals surface area contributed by atoms with Crippen LogP contribution in [-0.4, -0.2) is 4.98 Å². The van der Waals surface area contributed by atoms with Gasteiger partial charge in [0.1, 0.15) is 5.82 Å². The molecule has 0 radical (unpaired) electrons. The SMILES string of the molecule is Nc1c(-c2ccc(F)c(Cl)c2)nc2ccccc2c1N. The molecule has 1 aromatic heterocycles. The van der Waals surface area contributed by atoms with Crippen LogP contribution in [0.2, 0.25) is 5.02 Å². The Hall–Kier alpha value is -2.33. The number of hydrogen-bond donors (Lipinski definition) is 2. The van der Waals surface area contributed by atoms with Crippen LogP contribution in [0.5, 0.6) is 0 Å². The van der Waals surface area contributed by atoms with Crippen molar-refractivity contribution in [2.24, 2.45) is 0 Å². The van der Waals surface area contributed by atoms with Crippen molar-refractivity contribution in [2.75, 3.05) is 11.5 Å². The molecule has 0 spiro atoms. The van der Waals surface area contributed by atoms with E-state index in [-0.39, 0.29) is 5.02 Å². The van der Waals surface area contributed by atoms with Crippen LogP contribution in [0.25, 0.3) is 22.2 Å². The Morgan fingerprint density at radius 2 is 1.75 bits per heavy atom. The Morgan fingerprint density at radius 1 is 1.00 bits per heavy atom. The van der Waals surface area contributed by atoms with Gasteiger partial charge in [0.05, 0.1) is 27.6 Å². The van der Waals surface area contributed by atoms with Gasteiger partial charge in [-0.2, -0.15) is 0 Å². The van der Waals surface area contributed by atoms with Crippen LogP contribution in [-0.2, 0) is 0 Å². The van der Waals surface area contributed by atoms with E-state index in [0.717, 1.165) is 10.9 Å². The van der Waals surface area contributed by atoms with Gasteiger partial charge in [0.15, 0.2) is 0 Å². The molecule has 0 aliphatic rings. The van der Waals surface area contributed by atoms with Crippen molar-refractivity contribution in [3.63, 3.8) is 0 Å². The molecule has 20 heavy (non-hydrogen) atoms. The maximum Gasteiger partial charge on any atom is 0.141 e. The third-order valence-electron chi connectivity index (χ3n) is 3.16. The van der Waals surface area contributed by atoms with Crippen LogP contribution < -0.4 is 11.5 Å². The van der Waals surface area contributed by atoms with Gasteiger partial charge in [-0.15, -0.1) is 0 Å². The lowest BCUT2D eigenvalue weighted by Gasteiger charge is -2.11. The predicted octanol–water partition coefficient (Wildman–Crippen LogP) is 3.86. The highest BCUT2D eigenvalue weighted by Gasteiger charge is 2.13. The van der Waals surface area contributed by atoms with Crippen LogP contribution in [0.1, 0.15) is 0 Å². The molecule has 1 heterocycles. The fourth-order valence-corrected chi connectivity index (χ4v) is 2.30. The molecule has 0 amide bonds. The summed E-state index contributed by atoms with van der Waals surface area (Å²) < 4.78 is 13.2. The van der Waals surface area contributed by atoms with Gasteiger partial charge >= 0.3 is 0 Å². The van der Waals surface area contributed by atoms with Gasteiger partial charge in [0, 0.05) is 10.9 Å². The van der Waals surface area contributed by atoms with Crippen LogP contribution in [0.3, 0.4) is 0 Å². The largest absolute Gasteiger partial charge is 0.396 e. The predicted molar refractivity (Wildman–Crippen MR) is 81.0 cm³/mol. The Balaban J connectivity index is 2.30. The number of benzene rings is 2. The van der Waals surface area contributed by atoms with Crippen molar-refractivity contribution in [2.45, 2.75) is 0 Å². The lowest BCUT2D eigenvalue weighted by molar-refractivity contribution is 0.628. The Kier molecular flexibility index (Phi) is 2.95. The molecule has 0 bridgehead atoms. The van der Waals surface area contributed by atoms with Gasteiger partial charge in [-0.3, -0.25) is 0 Å². The second-order valence-electron chi connectivity index (χ2n) is 4.43. The minimum Gasteiger partial charge on any atom is -0.396 e. The third kappa shape index (κ3) is 1.94. The smallest absolute Gasteiger partial charge is 0.141 e. The zero-order valence-electron chi connectivity index (χ0n) is 10.4. The van der Waals surface area contributed by atoms with E-state index in [1.54, 1.807) is 6.07 Å². The summed E-state index contributed by atoms with van der Waals surface area (Å²) in [6, 6.07) is 11.8. The number of nitrogen functional groups attached to an aromatic ring is 2. The molecule has 0 fully saturated rings. The molecular weight excluding hydrogens is 277 g/mol. The van der Waals surface area contributed by atoms with E-state index in [9.17, 15) is 4.39 Å². The van der Waals surface area contributed by atoms with Crippen LogP contribution in [0.15, 0.2) is 42.5 Å². The van der Waals surface area contributed by atoms with Crippen molar-refractivity contribution in [3.05, 3.63) is 53.3 Å². The topological polar surface area (TPSA) is 64.9 Å². The average Bonchev–Trinajstić information content (AvgIpc) is 2.46. The molecule has 0 atom stereocenters. The molecule has 3 aromatic rings. The van der Waals surface area contributed by atoms with Crippen molar-refractivity contribution in [3.8, 4) is 11.3 Å². The van der Waals surface area contributed by atoms with E-state index < -0.39 is 5.82 Å². The summed E-state index contributed by atoms with van der Waals surface area (Å²) in [5, 5.41) is 0.817. The number of halogens is 2. The summed E-state index contributed by atoms with van der Waals surface area (Å²) in [7, 11) is 0. The normalized spacial score (nSPS) is 10.9. The molecule has 100 valence electrons. The van der Waals surface area contributed by atoms with Crippen molar-refractivity contribution >= 4 is 33.9 Å². The molecular formula is C15H11ClFN3. The Labute approximate surface area is 120 Å². The first-order valence-corrected chi connectivity index (χ1v) is 6.35. The number of fused-ring (bicyclic) bond motifs is 1. The second-order valence-corrected chi connectivity index (χ2v) is 4.84. The molecule has 4 N–H and O–H groups in total. The fourth-order valence-electron chi connectivity index (χ4n) is 2.12. The lowest BCUT2D eigenvalue weighted by Crippen LogP contribution is -2.01. The van der Waals surface area contributed by atoms with Gasteiger partial charge in [-0.1, -0.05) is 29.8 Å². The molecule has 0 aliphatic carbocycles. The molecule has 0 unspecified atom stereocenters. The summed E-state index contributed by atoms with van der Waals surface area (Å²) in [5.41, 5.74) is 14.8. The van der Waals surface area contributed by atoms with Gasteiger partial charge in [-0.25, -0.2) is 9.37 Å². The Bertz CT molecular complexity index is 818. The fraction of sp³-hybridized carbons (Fsp3) is 0. The average molecular weight is 288 g/mol. The van der Waals surface area contributed by atoms with Gasteiger partial charge in [0.25, 0.3) is 0 Å². The maximum atomic E-state index is 13.2. The number of pyridine rings is 1. The molecule has 3 rings (SSSR count). The zero-order chi connectivity index (χ0) is 14.3. The summed E-state index contributed by atoms with van der Waals surface area (Å²) >= 11 is 5.80. The first kappa shape index (κ1) is 12.7. The first-order chi connectivity index (χ1) is 9.58. The van der Waals surface area contributed by atoms with Crippen molar-refractivity contribution < 1.29 is 4.39 Å². The number of nitrogens with zero attached hydrogens (tertiary/aromatic N) is 1. The highest BCUT2D eigenvalue weighted by molar-refractivity contribution is 6.31. The Morgan fingerprint density at radius 3 is 2.50 bits per heavy atom. The zero-order valence-corrected chi connectivity index (χ0v) is 11.2. The number of aromatic nitrogens is 1. The second kappa shape index (κ2) is 4.65. The number of anilines is 2. The van der Waals surface area contributed by atoms with E-state index in [1.807, 2.05) is 24.3 Å². The molecule has 0 saturated heterocycles. The quantitative estimate of drug-likeness (QED) is 0.714. The molecule has 2 aromatic carbocycles. The van der Waals surface area contributed by atoms with Crippen LogP contribution in [0.4, 0.5) is 15.8 Å². The standard InChI is InChI=1S/C15H11ClFN3/c16-10-7-8(5-6-11(10)17)15-14(19)13(18)9-3-1-2-4-12(9)20-15/h1-7H,19H2,(H2,18,20). The highest BCUT2D eigenvalue weighted by atomic mass is 35.5. The minimum atomic E-state index is -0.484. The number of hydrogen-bond acceptors (Lipinski definition) is 3. The lowest BCUT2D eigenvalue weighted by atomic mass is 10.1. The van der Waals surface area contributed by atoms with E-state index >= 15 is 0 Å². The maximum absolute atomic E-state index is 13.2. The summed E-state index contributed by atoms with van der Waals surface area (Å²) in [4.78, 5) is 4.49. The van der Waals surface area contributed by atoms with Crippen molar-refractivity contribution in [1.82, 2.24) is 4.98 Å². The van der Waals surface area contributed by atoms with Crippen LogP contribution in [0, 0.1) is 5.82 Å². The summed E-state index contributed by atoms with van der Waals surface area (Å²) in [6.07, 6.45) is 0. The molecule has 5 heteroatoms. The summed E-state index contributed by atoms with van der Waals surface area (Å²) in [6.45, 7) is 0. The van der Waals surface area contributed by atoms with E-state index in [0.29, 0.717) is 22.6 Å².